The molecule has 0 radical (unpaired) electrons. The fraction of sp³-hybridized carbons (Fsp3) is 0.333. The molecule has 11 heteroatoms. The van der Waals surface area contributed by atoms with Crippen LogP contribution in [0.4, 0.5) is 4.79 Å². The zero-order valence-electron chi connectivity index (χ0n) is 15.6. The fourth-order valence-corrected chi connectivity index (χ4v) is 4.01. The van der Waals surface area contributed by atoms with Gasteiger partial charge in [0.15, 0.2) is 15.5 Å². The molecule has 0 aliphatic carbocycles. The number of likely N-dealkylation sites (tertiary alicyclic amines) is 1. The summed E-state index contributed by atoms with van der Waals surface area (Å²) in [6.07, 6.45) is 4.70. The smallest absolute Gasteiger partial charge is 0.407 e. The highest BCUT2D eigenvalue weighted by molar-refractivity contribution is 7.90. The molecule has 10 nitrogen and oxygen atoms in total. The Bertz CT molecular complexity index is 1160. The standard InChI is InChI=1S/C18H19N5O5S/c1-29(26,27)14-6-4-13(5-7-14)28-17-15-9-21-23(16(15)19-11-20-17)12-3-2-8-22(10-12)18(24)25/h4-7,9,11-12H,2-3,8,10H2,1H3,(H,24,25). The van der Waals surface area contributed by atoms with Gasteiger partial charge in [-0.25, -0.2) is 27.9 Å². The van der Waals surface area contributed by atoms with Gasteiger partial charge in [-0.15, -0.1) is 0 Å². The van der Waals surface area contributed by atoms with Gasteiger partial charge < -0.3 is 14.7 Å². The molecule has 1 saturated heterocycles. The molecule has 1 N–H and O–H groups in total. The average molecular weight is 417 g/mol. The highest BCUT2D eigenvalue weighted by atomic mass is 32.2. The van der Waals surface area contributed by atoms with Crippen molar-refractivity contribution in [1.82, 2.24) is 24.6 Å². The maximum absolute atomic E-state index is 11.6. The van der Waals surface area contributed by atoms with Crippen molar-refractivity contribution >= 4 is 27.0 Å². The van der Waals surface area contributed by atoms with E-state index in [2.05, 4.69) is 15.1 Å². The predicted octanol–water partition coefficient (Wildman–Crippen LogP) is 2.34. The Balaban J connectivity index is 1.62. The van der Waals surface area contributed by atoms with Crippen LogP contribution in [0, 0.1) is 0 Å². The van der Waals surface area contributed by atoms with Crippen molar-refractivity contribution in [1.29, 1.82) is 0 Å². The first kappa shape index (κ1) is 19.1. The van der Waals surface area contributed by atoms with Gasteiger partial charge in [0.05, 0.1) is 17.1 Å². The number of carboxylic acid groups (broad SMARTS) is 1. The van der Waals surface area contributed by atoms with Gasteiger partial charge in [0.2, 0.25) is 5.88 Å². The summed E-state index contributed by atoms with van der Waals surface area (Å²) in [5.41, 5.74) is 0.556. The van der Waals surface area contributed by atoms with E-state index in [0.717, 1.165) is 19.1 Å². The van der Waals surface area contributed by atoms with E-state index < -0.39 is 15.9 Å². The molecule has 2 aromatic heterocycles. The fourth-order valence-electron chi connectivity index (χ4n) is 3.38. The second kappa shape index (κ2) is 7.32. The van der Waals surface area contributed by atoms with E-state index >= 15 is 0 Å². The Morgan fingerprint density at radius 2 is 2.00 bits per heavy atom. The number of ether oxygens (including phenoxy) is 1. The summed E-state index contributed by atoms with van der Waals surface area (Å²) in [7, 11) is -3.29. The zero-order chi connectivity index (χ0) is 20.6. The molecule has 0 saturated carbocycles. The Morgan fingerprint density at radius 3 is 2.69 bits per heavy atom. The van der Waals surface area contributed by atoms with Crippen molar-refractivity contribution in [2.75, 3.05) is 19.3 Å². The molecule has 3 aromatic rings. The molecule has 1 aromatic carbocycles. The summed E-state index contributed by atoms with van der Waals surface area (Å²) in [5.74, 6) is 0.721. The molecule has 1 amide bonds. The van der Waals surface area contributed by atoms with Gasteiger partial charge in [-0.1, -0.05) is 0 Å². The van der Waals surface area contributed by atoms with Crippen molar-refractivity contribution in [2.45, 2.75) is 23.8 Å². The lowest BCUT2D eigenvalue weighted by Gasteiger charge is -2.30. The Morgan fingerprint density at radius 1 is 1.24 bits per heavy atom. The van der Waals surface area contributed by atoms with Crippen molar-refractivity contribution < 1.29 is 23.1 Å². The van der Waals surface area contributed by atoms with E-state index in [-0.39, 0.29) is 10.9 Å². The number of amides is 1. The van der Waals surface area contributed by atoms with Crippen LogP contribution >= 0.6 is 0 Å². The second-order valence-corrected chi connectivity index (χ2v) is 8.89. The van der Waals surface area contributed by atoms with Crippen LogP contribution in [0.25, 0.3) is 11.0 Å². The van der Waals surface area contributed by atoms with Crippen LogP contribution in [0.2, 0.25) is 0 Å². The lowest BCUT2D eigenvalue weighted by Crippen LogP contribution is -2.40. The van der Waals surface area contributed by atoms with Gasteiger partial charge in [-0.05, 0) is 37.1 Å². The summed E-state index contributed by atoms with van der Waals surface area (Å²) in [4.78, 5) is 21.3. The first-order chi connectivity index (χ1) is 13.8. The first-order valence-corrected chi connectivity index (χ1v) is 10.9. The van der Waals surface area contributed by atoms with Crippen LogP contribution in [0.15, 0.2) is 41.7 Å². The number of nitrogens with zero attached hydrogens (tertiary/aromatic N) is 5. The van der Waals surface area contributed by atoms with Gasteiger partial charge in [0, 0.05) is 19.3 Å². The molecule has 4 rings (SSSR count). The van der Waals surface area contributed by atoms with E-state index in [1.807, 2.05) is 0 Å². The van der Waals surface area contributed by atoms with Crippen molar-refractivity contribution in [3.8, 4) is 11.6 Å². The minimum Gasteiger partial charge on any atom is -0.465 e. The van der Waals surface area contributed by atoms with E-state index in [4.69, 9.17) is 4.74 Å². The minimum atomic E-state index is -3.29. The number of rotatable bonds is 4. The molecule has 1 fully saturated rings. The van der Waals surface area contributed by atoms with E-state index in [1.54, 1.807) is 23.0 Å². The molecule has 3 heterocycles. The highest BCUT2D eigenvalue weighted by Crippen LogP contribution is 2.30. The molecule has 1 atom stereocenters. The van der Waals surface area contributed by atoms with E-state index in [9.17, 15) is 18.3 Å². The third-order valence-electron chi connectivity index (χ3n) is 4.83. The monoisotopic (exact) mass is 417 g/mol. The molecule has 1 aliphatic heterocycles. The highest BCUT2D eigenvalue weighted by Gasteiger charge is 2.27. The van der Waals surface area contributed by atoms with Gasteiger partial charge in [-0.3, -0.25) is 0 Å². The topological polar surface area (TPSA) is 128 Å². The Hall–Kier alpha value is -3.21. The number of aromatic nitrogens is 4. The molecule has 152 valence electrons. The maximum Gasteiger partial charge on any atom is 0.407 e. The number of carbonyl (C=O) groups is 1. The number of hydrogen-bond donors (Lipinski definition) is 1. The molecule has 29 heavy (non-hydrogen) atoms. The van der Waals surface area contributed by atoms with Crippen LogP contribution in [0.3, 0.4) is 0 Å². The lowest BCUT2D eigenvalue weighted by atomic mass is 10.1. The van der Waals surface area contributed by atoms with Gasteiger partial charge in [0.1, 0.15) is 17.5 Å². The number of benzene rings is 1. The average Bonchev–Trinajstić information content (AvgIpc) is 3.13. The largest absolute Gasteiger partial charge is 0.465 e. The molecule has 1 unspecified atom stereocenters. The molecule has 0 spiro atoms. The van der Waals surface area contributed by atoms with Gasteiger partial charge in [0.25, 0.3) is 0 Å². The summed E-state index contributed by atoms with van der Waals surface area (Å²) >= 11 is 0. The summed E-state index contributed by atoms with van der Waals surface area (Å²) in [6.45, 7) is 0.858. The van der Waals surface area contributed by atoms with Crippen LogP contribution < -0.4 is 4.74 Å². The quantitative estimate of drug-likeness (QED) is 0.685. The molecule has 1 aliphatic rings. The lowest BCUT2D eigenvalue weighted by molar-refractivity contribution is 0.120. The number of fused-ring (bicyclic) bond motifs is 1. The van der Waals surface area contributed by atoms with Crippen molar-refractivity contribution in [3.05, 3.63) is 36.8 Å². The van der Waals surface area contributed by atoms with Gasteiger partial charge in [-0.2, -0.15) is 5.10 Å². The van der Waals surface area contributed by atoms with Crippen LogP contribution in [0.1, 0.15) is 18.9 Å². The summed E-state index contributed by atoms with van der Waals surface area (Å²) in [6, 6.07) is 5.93. The third-order valence-corrected chi connectivity index (χ3v) is 5.96. The number of hydrogen-bond acceptors (Lipinski definition) is 7. The number of piperidine rings is 1. The van der Waals surface area contributed by atoms with E-state index in [0.29, 0.717) is 35.8 Å². The Kier molecular flexibility index (Phi) is 4.82. The molecule has 0 bridgehead atoms. The van der Waals surface area contributed by atoms with Crippen molar-refractivity contribution in [2.24, 2.45) is 0 Å². The summed E-state index contributed by atoms with van der Waals surface area (Å²) < 4.78 is 30.7. The van der Waals surface area contributed by atoms with Crippen LogP contribution in [0.5, 0.6) is 11.6 Å². The van der Waals surface area contributed by atoms with Crippen LogP contribution in [-0.2, 0) is 9.84 Å². The van der Waals surface area contributed by atoms with Gasteiger partial charge >= 0.3 is 6.09 Å². The normalized spacial score (nSPS) is 17.4. The van der Waals surface area contributed by atoms with Crippen LogP contribution in [-0.4, -0.2) is 63.6 Å². The number of sulfone groups is 1. The zero-order valence-corrected chi connectivity index (χ0v) is 16.4. The Labute approximate surface area is 166 Å². The molecular weight excluding hydrogens is 398 g/mol. The minimum absolute atomic E-state index is 0.117. The maximum atomic E-state index is 11.6. The van der Waals surface area contributed by atoms with E-state index in [1.165, 1.54) is 23.4 Å². The third kappa shape index (κ3) is 3.86. The first-order valence-electron chi connectivity index (χ1n) is 8.97. The second-order valence-electron chi connectivity index (χ2n) is 6.88. The molecular formula is C18H19N5O5S. The predicted molar refractivity (Wildman–Crippen MR) is 103 cm³/mol. The summed E-state index contributed by atoms with van der Waals surface area (Å²) in [5, 5.41) is 14.2. The SMILES string of the molecule is CS(=O)(=O)c1ccc(Oc2ncnc3c2cnn3C2CCCN(C(=O)O)C2)cc1. The van der Waals surface area contributed by atoms with Crippen molar-refractivity contribution in [3.63, 3.8) is 0 Å².